The summed E-state index contributed by atoms with van der Waals surface area (Å²) in [6.07, 6.45) is 3.00. The molecular weight excluding hydrogens is 452 g/mol. The average molecular weight is 475 g/mol. The number of rotatable bonds is 4. The quantitative estimate of drug-likeness (QED) is 0.525. The zero-order valence-electron chi connectivity index (χ0n) is 17.8. The van der Waals surface area contributed by atoms with E-state index in [2.05, 4.69) is 0 Å². The van der Waals surface area contributed by atoms with Crippen molar-refractivity contribution in [1.29, 1.82) is 0 Å². The number of thioether (sulfide) groups is 1. The number of carboxylic acid groups (broad SMARTS) is 1. The van der Waals surface area contributed by atoms with E-state index in [9.17, 15) is 14.4 Å². The number of ether oxygens (including phenoxy) is 1. The van der Waals surface area contributed by atoms with Gasteiger partial charge in [0.2, 0.25) is 0 Å². The van der Waals surface area contributed by atoms with E-state index in [0.717, 1.165) is 22.2 Å². The van der Waals surface area contributed by atoms with Crippen molar-refractivity contribution in [1.82, 2.24) is 14.3 Å². The predicted octanol–water partition coefficient (Wildman–Crippen LogP) is 1.90. The molecule has 9 nitrogen and oxygen atoms in total. The Labute approximate surface area is 193 Å². The molecule has 2 fully saturated rings. The molecule has 1 amide bonds. The average Bonchev–Trinajstić information content (AvgIpc) is 2.96. The monoisotopic (exact) mass is 474 g/mol. The number of pyridine rings is 1. The maximum Gasteiger partial charge on any atom is 0.323 e. The van der Waals surface area contributed by atoms with Gasteiger partial charge in [0.15, 0.2) is 0 Å². The molecule has 2 aromatic heterocycles. The first-order valence-corrected chi connectivity index (χ1v) is 11.3. The van der Waals surface area contributed by atoms with E-state index in [0.29, 0.717) is 24.6 Å². The van der Waals surface area contributed by atoms with Crippen LogP contribution in [0.4, 0.5) is 5.82 Å². The molecule has 2 saturated heterocycles. The summed E-state index contributed by atoms with van der Waals surface area (Å²) in [4.78, 5) is 45.4. The van der Waals surface area contributed by atoms with Crippen LogP contribution >= 0.6 is 24.0 Å². The topological polar surface area (TPSA) is 104 Å². The van der Waals surface area contributed by atoms with Crippen LogP contribution < -0.4 is 10.5 Å². The van der Waals surface area contributed by atoms with Gasteiger partial charge in [0.1, 0.15) is 22.3 Å². The second-order valence-electron chi connectivity index (χ2n) is 7.86. The lowest BCUT2D eigenvalue weighted by atomic mass is 10.1. The molecule has 2 aliphatic heterocycles. The van der Waals surface area contributed by atoms with Crippen molar-refractivity contribution in [2.45, 2.75) is 33.0 Å². The van der Waals surface area contributed by atoms with Gasteiger partial charge < -0.3 is 14.7 Å². The number of aliphatic carboxylic acids is 1. The van der Waals surface area contributed by atoms with E-state index in [1.165, 1.54) is 10.5 Å². The number of morpholine rings is 1. The normalized spacial score (nSPS) is 22.9. The van der Waals surface area contributed by atoms with Crippen LogP contribution in [0.15, 0.2) is 28.0 Å². The second kappa shape index (κ2) is 8.64. The molecule has 0 spiro atoms. The summed E-state index contributed by atoms with van der Waals surface area (Å²) in [5.41, 5.74) is 1.32. The molecule has 2 aliphatic rings. The van der Waals surface area contributed by atoms with Crippen LogP contribution in [0, 0.1) is 6.92 Å². The zero-order chi connectivity index (χ0) is 23.2. The molecule has 11 heteroatoms. The maximum atomic E-state index is 13.5. The van der Waals surface area contributed by atoms with E-state index < -0.39 is 18.4 Å². The first kappa shape index (κ1) is 22.4. The first-order chi connectivity index (χ1) is 15.2. The number of fused-ring (bicyclic) bond motifs is 1. The second-order valence-corrected chi connectivity index (χ2v) is 9.54. The predicted molar refractivity (Wildman–Crippen MR) is 126 cm³/mol. The minimum atomic E-state index is -1.16. The molecule has 1 N–H and O–H groups in total. The number of aromatic nitrogens is 2. The van der Waals surface area contributed by atoms with Crippen molar-refractivity contribution in [2.75, 3.05) is 24.5 Å². The van der Waals surface area contributed by atoms with E-state index in [1.54, 1.807) is 12.3 Å². The third kappa shape index (κ3) is 4.15. The molecule has 0 bridgehead atoms. The molecule has 4 heterocycles. The molecule has 4 rings (SSSR count). The summed E-state index contributed by atoms with van der Waals surface area (Å²) in [6.45, 7) is 6.35. The molecule has 0 saturated carbocycles. The lowest BCUT2D eigenvalue weighted by Gasteiger charge is -2.36. The highest BCUT2D eigenvalue weighted by molar-refractivity contribution is 8.26. The Kier molecular flexibility index (Phi) is 6.06. The van der Waals surface area contributed by atoms with Crippen LogP contribution in [-0.4, -0.2) is 67.4 Å². The Bertz CT molecular complexity index is 1210. The minimum Gasteiger partial charge on any atom is -0.480 e. The number of aryl methyl sites for hydroxylation is 1. The van der Waals surface area contributed by atoms with Gasteiger partial charge in [0, 0.05) is 19.3 Å². The van der Waals surface area contributed by atoms with Gasteiger partial charge in [-0.3, -0.25) is 23.7 Å². The third-order valence-corrected chi connectivity index (χ3v) is 6.60. The Balaban J connectivity index is 1.88. The van der Waals surface area contributed by atoms with Crippen molar-refractivity contribution >= 4 is 57.7 Å². The number of hydrogen-bond acceptors (Lipinski definition) is 8. The fourth-order valence-electron chi connectivity index (χ4n) is 3.92. The Morgan fingerprint density at radius 3 is 2.69 bits per heavy atom. The van der Waals surface area contributed by atoms with E-state index in [1.807, 2.05) is 31.7 Å². The van der Waals surface area contributed by atoms with Crippen molar-refractivity contribution in [3.8, 4) is 0 Å². The fraction of sp³-hybridized carbons (Fsp3) is 0.381. The molecule has 0 aromatic carbocycles. The number of hydrogen-bond donors (Lipinski definition) is 1. The van der Waals surface area contributed by atoms with Gasteiger partial charge in [-0.15, -0.1) is 0 Å². The molecule has 32 heavy (non-hydrogen) atoms. The summed E-state index contributed by atoms with van der Waals surface area (Å²) >= 11 is 6.16. The summed E-state index contributed by atoms with van der Waals surface area (Å²) in [6, 6.07) is 3.65. The highest BCUT2D eigenvalue weighted by Crippen LogP contribution is 2.33. The van der Waals surface area contributed by atoms with Crippen LogP contribution in [-0.2, 0) is 14.3 Å². The van der Waals surface area contributed by atoms with Crippen molar-refractivity contribution in [3.63, 3.8) is 0 Å². The van der Waals surface area contributed by atoms with E-state index >= 15 is 0 Å². The number of carbonyl (C=O) groups is 2. The van der Waals surface area contributed by atoms with Crippen LogP contribution in [0.2, 0.25) is 0 Å². The van der Waals surface area contributed by atoms with Gasteiger partial charge in [-0.25, -0.2) is 4.98 Å². The minimum absolute atomic E-state index is 0.0579. The first-order valence-electron chi connectivity index (χ1n) is 10.0. The van der Waals surface area contributed by atoms with Crippen LogP contribution in [0.25, 0.3) is 11.7 Å². The number of anilines is 1. The SMILES string of the molecule is Cc1cccn2c(=O)c(C=C3SC(=S)N(CC(=O)O)C3=O)c(N3CC(C)OC(C)C3)nc12. The van der Waals surface area contributed by atoms with E-state index in [4.69, 9.17) is 27.0 Å². The van der Waals surface area contributed by atoms with Crippen LogP contribution in [0.1, 0.15) is 25.0 Å². The Morgan fingerprint density at radius 2 is 2.03 bits per heavy atom. The van der Waals surface area contributed by atoms with Gasteiger partial charge in [-0.2, -0.15) is 0 Å². The highest BCUT2D eigenvalue weighted by atomic mass is 32.2. The third-order valence-electron chi connectivity index (χ3n) is 5.23. The van der Waals surface area contributed by atoms with Gasteiger partial charge in [0.25, 0.3) is 11.5 Å². The highest BCUT2D eigenvalue weighted by Gasteiger charge is 2.34. The van der Waals surface area contributed by atoms with Crippen LogP contribution in [0.3, 0.4) is 0 Å². The fourth-order valence-corrected chi connectivity index (χ4v) is 5.16. The smallest absolute Gasteiger partial charge is 0.323 e. The molecule has 2 aromatic rings. The summed E-state index contributed by atoms with van der Waals surface area (Å²) < 4.78 is 7.43. The Morgan fingerprint density at radius 1 is 1.34 bits per heavy atom. The largest absolute Gasteiger partial charge is 0.480 e. The number of amides is 1. The van der Waals surface area contributed by atoms with E-state index in [-0.39, 0.29) is 32.6 Å². The van der Waals surface area contributed by atoms with Crippen molar-refractivity contribution < 1.29 is 19.4 Å². The van der Waals surface area contributed by atoms with Crippen molar-refractivity contribution in [2.24, 2.45) is 0 Å². The lowest BCUT2D eigenvalue weighted by Crippen LogP contribution is -2.46. The summed E-state index contributed by atoms with van der Waals surface area (Å²) in [5, 5.41) is 9.07. The molecule has 0 aliphatic carbocycles. The Hall–Kier alpha value is -2.76. The number of thiocarbonyl (C=S) groups is 1. The van der Waals surface area contributed by atoms with Gasteiger partial charge >= 0.3 is 5.97 Å². The molecule has 0 radical (unpaired) electrons. The van der Waals surface area contributed by atoms with Gasteiger partial charge in [0.05, 0.1) is 22.7 Å². The lowest BCUT2D eigenvalue weighted by molar-refractivity contribution is -0.140. The summed E-state index contributed by atoms with van der Waals surface area (Å²) in [7, 11) is 0. The number of carboxylic acids is 1. The summed E-state index contributed by atoms with van der Waals surface area (Å²) in [5.74, 6) is -1.23. The molecule has 2 atom stereocenters. The van der Waals surface area contributed by atoms with Gasteiger partial charge in [-0.1, -0.05) is 30.0 Å². The number of carbonyl (C=O) groups excluding carboxylic acids is 1. The number of nitrogens with zero attached hydrogens (tertiary/aromatic N) is 4. The van der Waals surface area contributed by atoms with Crippen LogP contribution in [0.5, 0.6) is 0 Å². The maximum absolute atomic E-state index is 13.5. The zero-order valence-corrected chi connectivity index (χ0v) is 19.4. The molecule has 168 valence electrons. The van der Waals surface area contributed by atoms with Crippen molar-refractivity contribution in [3.05, 3.63) is 44.7 Å². The standard InChI is InChI=1S/C21H22N4O5S2/c1-11-5-4-6-24-17(11)22-18(23-8-12(2)30-13(3)9-23)14(19(24)28)7-15-20(29)25(10-16(26)27)21(31)32-15/h4-7,12-13H,8-10H2,1-3H3,(H,26,27). The molecular formula is C21H22N4O5S2. The van der Waals surface area contributed by atoms with Gasteiger partial charge in [-0.05, 0) is 38.5 Å². The molecule has 2 unspecified atom stereocenters.